The van der Waals surface area contributed by atoms with Crippen LogP contribution in [0.3, 0.4) is 0 Å². The Kier molecular flexibility index (Phi) is 5.41. The summed E-state index contributed by atoms with van der Waals surface area (Å²) in [6.45, 7) is 4.86. The number of alkyl carbamates (subject to hydrolysis) is 1. The van der Waals surface area contributed by atoms with Crippen molar-refractivity contribution in [2.75, 3.05) is 7.11 Å². The Labute approximate surface area is 107 Å². The van der Waals surface area contributed by atoms with Gasteiger partial charge < -0.3 is 19.9 Å². The van der Waals surface area contributed by atoms with Gasteiger partial charge in [0.2, 0.25) is 0 Å². The summed E-state index contributed by atoms with van der Waals surface area (Å²) in [5.74, 6) is -2.24. The Morgan fingerprint density at radius 2 is 1.94 bits per heavy atom. The molecule has 0 bridgehead atoms. The summed E-state index contributed by atoms with van der Waals surface area (Å²) >= 11 is 0. The van der Waals surface area contributed by atoms with Crippen LogP contribution in [0.1, 0.15) is 35.0 Å². The number of amides is 1. The van der Waals surface area contributed by atoms with Crippen molar-refractivity contribution in [3.05, 3.63) is 0 Å². The van der Waals surface area contributed by atoms with Crippen LogP contribution in [0.4, 0.5) is 4.79 Å². The lowest BCUT2D eigenvalue weighted by atomic mass is 10.1. The third kappa shape index (κ3) is 7.48. The molecule has 7 heteroatoms. The summed E-state index contributed by atoms with van der Waals surface area (Å²) in [7, 11) is 1.04. The first-order chi connectivity index (χ1) is 8.50. The van der Waals surface area contributed by atoms with Crippen LogP contribution in [0.15, 0.2) is 0 Å². The van der Waals surface area contributed by atoms with Crippen molar-refractivity contribution in [3.63, 3.8) is 0 Å². The van der Waals surface area contributed by atoms with Crippen molar-refractivity contribution in [2.45, 2.75) is 45.2 Å². The monoisotopic (exact) mass is 262 g/mol. The second kappa shape index (κ2) is 6.83. The predicted octanol–water partition coefficient (Wildman–Crippen LogP) is 0.917. The van der Waals surface area contributed by atoms with Crippen molar-refractivity contribution >= 4 is 18.0 Å². The van der Waals surface area contributed by atoms with E-state index in [9.17, 15) is 14.4 Å². The van der Waals surface area contributed by atoms with E-state index in [0.717, 1.165) is 7.11 Å². The molecule has 104 valence electrons. The van der Waals surface area contributed by atoms with Crippen molar-refractivity contribution in [3.8, 4) is 0 Å². The number of rotatable bonds is 5. The molecule has 0 heterocycles. The summed E-state index contributed by atoms with van der Waals surface area (Å²) in [4.78, 5) is 33.5. The lowest BCUT2D eigenvalue weighted by Crippen LogP contribution is -2.44. The summed E-state index contributed by atoms with van der Waals surface area (Å²) in [6.07, 6.45) is -1.87. The number of carbonyl (C=O) groups excluding carboxylic acids is 2. The topological polar surface area (TPSA) is 102 Å². The molecular formula is C11H19NO6. The van der Waals surface area contributed by atoms with Crippen LogP contribution in [-0.4, -0.2) is 41.9 Å². The minimum Gasteiger partial charge on any atom is -0.481 e. The van der Waals surface area contributed by atoms with Crippen molar-refractivity contribution < 1.29 is 30.3 Å². The van der Waals surface area contributed by atoms with Gasteiger partial charge in [-0.05, 0) is 27.2 Å². The van der Waals surface area contributed by atoms with Crippen LogP contribution in [-0.2, 0) is 19.1 Å². The highest BCUT2D eigenvalue weighted by Crippen LogP contribution is 2.08. The van der Waals surface area contributed by atoms with Crippen molar-refractivity contribution in [1.82, 2.24) is 5.32 Å². The molecule has 1 unspecified atom stereocenters. The molecule has 0 aliphatic heterocycles. The van der Waals surface area contributed by atoms with E-state index in [1.807, 2.05) is 5.32 Å². The highest BCUT2D eigenvalue weighted by Gasteiger charge is 2.25. The Morgan fingerprint density at radius 3 is 2.33 bits per heavy atom. The summed E-state index contributed by atoms with van der Waals surface area (Å²) < 4.78 is 17.1. The van der Waals surface area contributed by atoms with E-state index in [0.29, 0.717) is 0 Å². The number of ether oxygens (including phenoxy) is 2. The molecule has 0 radical (unpaired) electrons. The average Bonchev–Trinajstić information content (AvgIpc) is 2.22. The Balaban J connectivity index is 4.81. The molecule has 1 amide bonds. The van der Waals surface area contributed by atoms with Crippen molar-refractivity contribution in [2.24, 2.45) is 0 Å². The summed E-state index contributed by atoms with van der Waals surface area (Å²) in [6, 6.07) is -2.19. The van der Waals surface area contributed by atoms with Crippen LogP contribution >= 0.6 is 0 Å². The Morgan fingerprint density at radius 1 is 1.39 bits per heavy atom. The van der Waals surface area contributed by atoms with E-state index in [2.05, 4.69) is 4.74 Å². The molecule has 18 heavy (non-hydrogen) atoms. The van der Waals surface area contributed by atoms with E-state index in [4.69, 9.17) is 11.2 Å². The van der Waals surface area contributed by atoms with E-state index >= 15 is 0 Å². The van der Waals surface area contributed by atoms with Gasteiger partial charge in [-0.2, -0.15) is 0 Å². The number of carboxylic acids is 1. The smallest absolute Gasteiger partial charge is 0.408 e. The molecule has 0 saturated heterocycles. The lowest BCUT2D eigenvalue weighted by Gasteiger charge is -2.22. The van der Waals surface area contributed by atoms with Crippen molar-refractivity contribution in [1.29, 1.82) is 0 Å². The zero-order valence-electron chi connectivity index (χ0n) is 11.9. The third-order valence-electron chi connectivity index (χ3n) is 1.67. The number of esters is 1. The number of hydrogen-bond acceptors (Lipinski definition) is 5. The fourth-order valence-electron chi connectivity index (χ4n) is 0.998. The molecule has 0 aromatic carbocycles. The van der Waals surface area contributed by atoms with Crippen LogP contribution in [0.25, 0.3) is 0 Å². The van der Waals surface area contributed by atoms with Crippen LogP contribution < -0.4 is 5.32 Å². The highest BCUT2D eigenvalue weighted by molar-refractivity contribution is 5.82. The Hall–Kier alpha value is -1.79. The van der Waals surface area contributed by atoms with Crippen LogP contribution in [0.5, 0.6) is 0 Å². The molecule has 1 atom stereocenters. The van der Waals surface area contributed by atoms with Gasteiger partial charge in [0, 0.05) is 6.42 Å². The first-order valence-corrected chi connectivity index (χ1v) is 5.31. The van der Waals surface area contributed by atoms with Crippen LogP contribution in [0, 0.1) is 0 Å². The van der Waals surface area contributed by atoms with Gasteiger partial charge in [-0.3, -0.25) is 4.79 Å². The van der Waals surface area contributed by atoms with E-state index in [1.165, 1.54) is 0 Å². The molecule has 2 N–H and O–H groups in total. The largest absolute Gasteiger partial charge is 0.481 e. The van der Waals surface area contributed by atoms with E-state index in [1.54, 1.807) is 20.8 Å². The zero-order chi connectivity index (χ0) is 15.3. The number of carbonyl (C=O) groups is 3. The van der Waals surface area contributed by atoms with Gasteiger partial charge >= 0.3 is 18.0 Å². The van der Waals surface area contributed by atoms with E-state index < -0.39 is 42.5 Å². The zero-order valence-corrected chi connectivity index (χ0v) is 10.9. The lowest BCUT2D eigenvalue weighted by molar-refractivity contribution is -0.143. The summed E-state index contributed by atoms with van der Waals surface area (Å²) in [5.41, 5.74) is -0.798. The molecule has 0 aromatic rings. The maximum absolute atomic E-state index is 11.5. The quantitative estimate of drug-likeness (QED) is 0.714. The minimum atomic E-state index is -2.19. The number of methoxy groups -OCH3 is 1. The molecule has 0 spiro atoms. The van der Waals surface area contributed by atoms with Gasteiger partial charge in [0.25, 0.3) is 0 Å². The SMILES string of the molecule is [2H]C(CCC(=O)O)(NC(=O)OC(C)(C)C)C(=O)OC. The molecule has 0 rings (SSSR count). The second-order valence-corrected chi connectivity index (χ2v) is 4.49. The van der Waals surface area contributed by atoms with Gasteiger partial charge in [-0.25, -0.2) is 9.59 Å². The third-order valence-corrected chi connectivity index (χ3v) is 1.67. The number of carboxylic acid groups (broad SMARTS) is 1. The Bertz CT molecular complexity index is 365. The van der Waals surface area contributed by atoms with Crippen LogP contribution in [0.2, 0.25) is 0 Å². The fourth-order valence-corrected chi connectivity index (χ4v) is 0.998. The molecule has 0 aromatic heterocycles. The molecule has 0 aliphatic carbocycles. The number of hydrogen-bond donors (Lipinski definition) is 2. The molecular weight excluding hydrogens is 242 g/mol. The summed E-state index contributed by atoms with van der Waals surface area (Å²) in [5, 5.41) is 10.6. The number of nitrogens with one attached hydrogen (secondary N) is 1. The normalized spacial score (nSPS) is 15.0. The second-order valence-electron chi connectivity index (χ2n) is 4.49. The van der Waals surface area contributed by atoms with Gasteiger partial charge in [-0.1, -0.05) is 0 Å². The number of aliphatic carboxylic acids is 1. The highest BCUT2D eigenvalue weighted by atomic mass is 16.6. The first kappa shape index (κ1) is 14.3. The molecule has 0 fully saturated rings. The predicted molar refractivity (Wildman–Crippen MR) is 62.0 cm³/mol. The standard InChI is InChI=1S/C11H19NO6/c1-11(2,3)18-10(16)12-7(9(15)17-4)5-6-8(13)14/h7H,5-6H2,1-4H3,(H,12,16)(H,13,14)/i7D. The minimum absolute atomic E-state index is 0.422. The van der Waals surface area contributed by atoms with E-state index in [-0.39, 0.29) is 0 Å². The fraction of sp³-hybridized carbons (Fsp3) is 0.727. The molecule has 7 nitrogen and oxygen atoms in total. The van der Waals surface area contributed by atoms with Gasteiger partial charge in [0.1, 0.15) is 11.6 Å². The van der Waals surface area contributed by atoms with Gasteiger partial charge in [0.15, 0.2) is 0 Å². The maximum atomic E-state index is 11.5. The van der Waals surface area contributed by atoms with Gasteiger partial charge in [0.05, 0.1) is 8.48 Å². The first-order valence-electron chi connectivity index (χ1n) is 5.81. The molecule has 0 saturated carbocycles. The average molecular weight is 262 g/mol. The molecule has 0 aliphatic rings. The maximum Gasteiger partial charge on any atom is 0.408 e. The van der Waals surface area contributed by atoms with Gasteiger partial charge in [-0.15, -0.1) is 0 Å².